The number of nitrogens with zero attached hydrogens (tertiary/aromatic N) is 3. The third kappa shape index (κ3) is 2.40. The lowest BCUT2D eigenvalue weighted by Gasteiger charge is -2.47. The molecule has 120 valence electrons. The molecule has 2 saturated heterocycles. The van der Waals surface area contributed by atoms with E-state index < -0.39 is 17.9 Å². The van der Waals surface area contributed by atoms with E-state index in [1.54, 1.807) is 6.08 Å². The fraction of sp³-hybridized carbons (Fsp3) is 0.429. The van der Waals surface area contributed by atoms with Crippen LogP contribution in [0.5, 0.6) is 0 Å². The number of thioether (sulfide) groups is 1. The van der Waals surface area contributed by atoms with Gasteiger partial charge in [0.05, 0.1) is 6.07 Å². The van der Waals surface area contributed by atoms with Gasteiger partial charge in [0.2, 0.25) is 5.91 Å². The van der Waals surface area contributed by atoms with E-state index in [0.717, 1.165) is 0 Å². The van der Waals surface area contributed by atoms with Crippen molar-refractivity contribution >= 4 is 29.5 Å². The monoisotopic (exact) mass is 334 g/mol. The van der Waals surface area contributed by atoms with Crippen LogP contribution in [-0.4, -0.2) is 62.9 Å². The lowest BCUT2D eigenvalue weighted by atomic mass is 10.0. The highest BCUT2D eigenvalue weighted by Gasteiger charge is 2.51. The molecule has 3 aliphatic rings. The first-order valence-electron chi connectivity index (χ1n) is 6.99. The summed E-state index contributed by atoms with van der Waals surface area (Å²) in [7, 11) is 0. The molecule has 0 aliphatic carbocycles. The number of aliphatic carboxylic acids is 1. The fourth-order valence-electron chi connectivity index (χ4n) is 2.90. The number of nitriles is 1. The Hall–Kier alpha value is -2.31. The van der Waals surface area contributed by atoms with Gasteiger partial charge in [-0.05, 0) is 18.1 Å². The summed E-state index contributed by atoms with van der Waals surface area (Å²) in [5.41, 5.74) is 6.48. The van der Waals surface area contributed by atoms with Crippen LogP contribution in [0.1, 0.15) is 6.42 Å². The molecule has 0 aromatic heterocycles. The molecule has 0 radical (unpaired) electrons. The predicted molar refractivity (Wildman–Crippen MR) is 80.6 cm³/mol. The largest absolute Gasteiger partial charge is 0.477 e. The number of hydrogen-bond donors (Lipinski definition) is 2. The van der Waals surface area contributed by atoms with E-state index in [-0.39, 0.29) is 23.5 Å². The molecule has 3 aliphatic heterocycles. The van der Waals surface area contributed by atoms with Crippen LogP contribution in [0.2, 0.25) is 0 Å². The first-order chi connectivity index (χ1) is 11.0. The number of carboxylic acids is 1. The van der Waals surface area contributed by atoms with Crippen molar-refractivity contribution < 1.29 is 19.5 Å². The van der Waals surface area contributed by atoms with E-state index in [0.29, 0.717) is 29.9 Å². The van der Waals surface area contributed by atoms with Gasteiger partial charge in [-0.3, -0.25) is 14.5 Å². The van der Waals surface area contributed by atoms with Crippen LogP contribution in [0.15, 0.2) is 22.9 Å². The summed E-state index contributed by atoms with van der Waals surface area (Å²) in [4.78, 5) is 38.2. The number of fused-ring (bicyclic) bond motifs is 1. The predicted octanol–water partition coefficient (Wildman–Crippen LogP) is -0.750. The number of carbonyl (C=O) groups excluding carboxylic acids is 2. The van der Waals surface area contributed by atoms with Crippen LogP contribution in [-0.2, 0) is 14.4 Å². The van der Waals surface area contributed by atoms with E-state index in [9.17, 15) is 19.5 Å². The van der Waals surface area contributed by atoms with E-state index >= 15 is 0 Å². The Balaban J connectivity index is 1.93. The molecule has 2 atom stereocenters. The zero-order valence-corrected chi connectivity index (χ0v) is 12.9. The average Bonchev–Trinajstić information content (AvgIpc) is 2.87. The molecule has 0 saturated carbocycles. The number of carbonyl (C=O) groups is 3. The van der Waals surface area contributed by atoms with Gasteiger partial charge in [0.25, 0.3) is 5.91 Å². The number of amides is 2. The topological polar surface area (TPSA) is 128 Å². The normalized spacial score (nSPS) is 28.8. The Kier molecular flexibility index (Phi) is 3.87. The van der Waals surface area contributed by atoms with Crippen LogP contribution >= 0.6 is 11.8 Å². The van der Waals surface area contributed by atoms with Crippen LogP contribution < -0.4 is 5.73 Å². The zero-order valence-electron chi connectivity index (χ0n) is 12.1. The van der Waals surface area contributed by atoms with Crippen molar-refractivity contribution in [1.29, 1.82) is 5.26 Å². The Bertz CT molecular complexity index is 708. The molecule has 3 N–H and O–H groups in total. The van der Waals surface area contributed by atoms with Gasteiger partial charge in [0.1, 0.15) is 23.7 Å². The second-order valence-electron chi connectivity index (χ2n) is 5.42. The number of hydrogen-bond acceptors (Lipinski definition) is 6. The maximum atomic E-state index is 12.2. The number of allylic oxidation sites excluding steroid dienone is 1. The minimum absolute atomic E-state index is 0.0112. The average molecular weight is 334 g/mol. The van der Waals surface area contributed by atoms with Gasteiger partial charge >= 0.3 is 5.97 Å². The highest BCUT2D eigenvalue weighted by molar-refractivity contribution is 8.00. The lowest BCUT2D eigenvalue weighted by molar-refractivity contribution is -0.147. The maximum Gasteiger partial charge on any atom is 0.352 e. The minimum atomic E-state index is -1.21. The third-order valence-electron chi connectivity index (χ3n) is 4.06. The molecule has 9 heteroatoms. The molecule has 2 fully saturated rings. The molecule has 0 spiro atoms. The molecule has 0 unspecified atom stereocenters. The van der Waals surface area contributed by atoms with E-state index in [2.05, 4.69) is 0 Å². The summed E-state index contributed by atoms with van der Waals surface area (Å²) in [5.74, 6) is -1.51. The van der Waals surface area contributed by atoms with Crippen molar-refractivity contribution in [2.45, 2.75) is 17.8 Å². The van der Waals surface area contributed by atoms with Gasteiger partial charge in [-0.1, -0.05) is 0 Å². The van der Waals surface area contributed by atoms with Gasteiger partial charge in [-0.15, -0.1) is 11.8 Å². The SMILES string of the molecule is N#CCN1CCC(=CC2=C(C(=O)O)N3C(=O)[C@@H](N)[C@H]3SC2)C1=O. The second-order valence-corrected chi connectivity index (χ2v) is 6.52. The van der Waals surface area contributed by atoms with Gasteiger partial charge in [0.15, 0.2) is 0 Å². The van der Waals surface area contributed by atoms with Gasteiger partial charge in [0, 0.05) is 17.9 Å². The van der Waals surface area contributed by atoms with Crippen molar-refractivity contribution in [3.8, 4) is 6.07 Å². The molecular formula is C14H14N4O4S. The molecule has 2 amide bonds. The third-order valence-corrected chi connectivity index (χ3v) is 5.39. The summed E-state index contributed by atoms with van der Waals surface area (Å²) in [6, 6.07) is 1.25. The van der Waals surface area contributed by atoms with E-state index in [1.807, 2.05) is 6.07 Å². The number of likely N-dealkylation sites (tertiary alicyclic amines) is 1. The van der Waals surface area contributed by atoms with Crippen molar-refractivity contribution in [3.63, 3.8) is 0 Å². The molecular weight excluding hydrogens is 320 g/mol. The smallest absolute Gasteiger partial charge is 0.352 e. The summed E-state index contributed by atoms with van der Waals surface area (Å²) < 4.78 is 0. The van der Waals surface area contributed by atoms with Crippen molar-refractivity contribution in [2.75, 3.05) is 18.8 Å². The molecule has 0 bridgehead atoms. The summed E-state index contributed by atoms with van der Waals surface area (Å²) >= 11 is 1.39. The first kappa shape index (κ1) is 15.6. The number of rotatable bonds is 3. The van der Waals surface area contributed by atoms with E-state index in [4.69, 9.17) is 11.0 Å². The van der Waals surface area contributed by atoms with Crippen LogP contribution in [0.3, 0.4) is 0 Å². The number of β-lactam (4-membered cyclic amide) rings is 1. The Morgan fingerprint density at radius 1 is 1.52 bits per heavy atom. The van der Waals surface area contributed by atoms with Crippen molar-refractivity contribution in [2.24, 2.45) is 5.73 Å². The first-order valence-corrected chi connectivity index (χ1v) is 8.04. The molecule has 3 rings (SSSR count). The van der Waals surface area contributed by atoms with E-state index in [1.165, 1.54) is 21.6 Å². The summed E-state index contributed by atoms with van der Waals surface area (Å²) in [6.45, 7) is 0.453. The van der Waals surface area contributed by atoms with Crippen LogP contribution in [0.4, 0.5) is 0 Å². The maximum absolute atomic E-state index is 12.2. The van der Waals surface area contributed by atoms with Gasteiger partial charge in [-0.2, -0.15) is 5.26 Å². The highest BCUT2D eigenvalue weighted by Crippen LogP contribution is 2.40. The Morgan fingerprint density at radius 2 is 2.26 bits per heavy atom. The zero-order chi connectivity index (χ0) is 16.7. The molecule has 0 aromatic carbocycles. The number of nitrogens with two attached hydrogens (primary N) is 1. The Labute approximate surface area is 136 Å². The van der Waals surface area contributed by atoms with Crippen molar-refractivity contribution in [1.82, 2.24) is 9.80 Å². The highest BCUT2D eigenvalue weighted by atomic mass is 32.2. The number of carboxylic acid groups (broad SMARTS) is 1. The second kappa shape index (κ2) is 5.72. The molecule has 23 heavy (non-hydrogen) atoms. The van der Waals surface area contributed by atoms with Crippen molar-refractivity contribution in [3.05, 3.63) is 22.9 Å². The lowest BCUT2D eigenvalue weighted by Crippen LogP contribution is -2.68. The van der Waals surface area contributed by atoms with Gasteiger partial charge in [-0.25, -0.2) is 4.79 Å². The van der Waals surface area contributed by atoms with Crippen LogP contribution in [0, 0.1) is 11.3 Å². The molecule has 0 aromatic rings. The molecule has 3 heterocycles. The standard InChI is InChI=1S/C14H14N4O4S/c15-2-4-17-3-1-7(11(17)19)5-8-6-23-13-9(16)12(20)18(13)10(8)14(21)22/h5,9,13H,1,3-4,6,16H2,(H,21,22)/t9-,13-/m1/s1. The van der Waals surface area contributed by atoms with Gasteiger partial charge < -0.3 is 15.7 Å². The summed E-state index contributed by atoms with van der Waals surface area (Å²) in [5, 5.41) is 17.8. The fourth-order valence-corrected chi connectivity index (χ4v) is 4.15. The summed E-state index contributed by atoms with van der Waals surface area (Å²) in [6.07, 6.45) is 2.00. The Morgan fingerprint density at radius 3 is 2.91 bits per heavy atom. The molecule has 8 nitrogen and oxygen atoms in total. The minimum Gasteiger partial charge on any atom is -0.477 e. The quantitative estimate of drug-likeness (QED) is 0.395. The van der Waals surface area contributed by atoms with Crippen LogP contribution in [0.25, 0.3) is 0 Å².